The summed E-state index contributed by atoms with van der Waals surface area (Å²) >= 11 is 12.0. The third kappa shape index (κ3) is 3.00. The van der Waals surface area contributed by atoms with Gasteiger partial charge in [0.05, 0.1) is 16.7 Å². The molecule has 2 nitrogen and oxygen atoms in total. The fraction of sp³-hybridized carbons (Fsp3) is 0.571. The van der Waals surface area contributed by atoms with Crippen molar-refractivity contribution in [2.45, 2.75) is 44.2 Å². The van der Waals surface area contributed by atoms with Crippen molar-refractivity contribution in [3.05, 3.63) is 33.8 Å². The van der Waals surface area contributed by atoms with Gasteiger partial charge in [0.15, 0.2) is 0 Å². The molecular formula is C14H19Cl2NO. The van der Waals surface area contributed by atoms with Crippen LogP contribution in [0, 0.1) is 0 Å². The van der Waals surface area contributed by atoms with Crippen LogP contribution < -0.4 is 5.32 Å². The van der Waals surface area contributed by atoms with Crippen molar-refractivity contribution < 1.29 is 5.11 Å². The minimum atomic E-state index is -0.120. The second-order valence-corrected chi connectivity index (χ2v) is 6.00. The fourth-order valence-corrected chi connectivity index (χ4v) is 3.03. The van der Waals surface area contributed by atoms with Crippen molar-refractivity contribution in [2.24, 2.45) is 0 Å². The number of halogens is 2. The molecule has 0 aromatic heterocycles. The van der Waals surface area contributed by atoms with E-state index in [4.69, 9.17) is 23.2 Å². The second-order valence-electron chi connectivity index (χ2n) is 5.19. The highest BCUT2D eigenvalue weighted by Crippen LogP contribution is 2.33. The molecule has 0 bridgehead atoms. The van der Waals surface area contributed by atoms with Gasteiger partial charge in [-0.25, -0.2) is 0 Å². The zero-order valence-electron chi connectivity index (χ0n) is 10.5. The summed E-state index contributed by atoms with van der Waals surface area (Å²) in [5.41, 5.74) is 0.982. The van der Waals surface area contributed by atoms with Gasteiger partial charge in [0.1, 0.15) is 0 Å². The molecule has 4 heteroatoms. The molecule has 0 amide bonds. The minimum absolute atomic E-state index is 0.120. The van der Waals surface area contributed by atoms with E-state index in [1.165, 1.54) is 12.8 Å². The van der Waals surface area contributed by atoms with Gasteiger partial charge in [0, 0.05) is 11.6 Å². The zero-order valence-corrected chi connectivity index (χ0v) is 12.1. The highest BCUT2D eigenvalue weighted by atomic mass is 35.5. The molecule has 0 radical (unpaired) electrons. The zero-order chi connectivity index (χ0) is 13.2. The van der Waals surface area contributed by atoms with Crippen LogP contribution in [0.2, 0.25) is 10.0 Å². The van der Waals surface area contributed by atoms with Crippen LogP contribution in [0.5, 0.6) is 0 Å². The Balaban J connectivity index is 2.11. The van der Waals surface area contributed by atoms with Gasteiger partial charge in [-0.15, -0.1) is 0 Å². The number of aliphatic hydroxyl groups is 1. The normalized spacial score (nSPS) is 20.0. The number of benzene rings is 1. The van der Waals surface area contributed by atoms with Crippen molar-refractivity contribution in [1.29, 1.82) is 0 Å². The Kier molecular flexibility index (Phi) is 4.54. The van der Waals surface area contributed by atoms with Crippen molar-refractivity contribution in [3.63, 3.8) is 0 Å². The number of aliphatic hydroxyl groups excluding tert-OH is 1. The first kappa shape index (κ1) is 14.1. The van der Waals surface area contributed by atoms with E-state index < -0.39 is 0 Å². The Morgan fingerprint density at radius 1 is 1.28 bits per heavy atom. The van der Waals surface area contributed by atoms with Crippen LogP contribution in [0.3, 0.4) is 0 Å². The fourth-order valence-electron chi connectivity index (χ4n) is 2.72. The molecule has 2 rings (SSSR count). The van der Waals surface area contributed by atoms with Gasteiger partial charge in [-0.2, -0.15) is 0 Å². The maximum Gasteiger partial charge on any atom is 0.0613 e. The molecule has 0 spiro atoms. The molecule has 2 N–H and O–H groups in total. The van der Waals surface area contributed by atoms with Gasteiger partial charge in [-0.05, 0) is 37.5 Å². The molecule has 100 valence electrons. The van der Waals surface area contributed by atoms with Crippen molar-refractivity contribution in [3.8, 4) is 0 Å². The molecular weight excluding hydrogens is 269 g/mol. The molecule has 1 aliphatic rings. The van der Waals surface area contributed by atoms with E-state index in [0.717, 1.165) is 18.4 Å². The SMILES string of the molecule is CC(NC1(CO)CCCC1)c1ccc(Cl)c(Cl)c1. The first-order chi connectivity index (χ1) is 8.56. The van der Waals surface area contributed by atoms with E-state index in [0.29, 0.717) is 10.0 Å². The monoisotopic (exact) mass is 287 g/mol. The maximum absolute atomic E-state index is 9.60. The van der Waals surface area contributed by atoms with Gasteiger partial charge >= 0.3 is 0 Å². The Bertz CT molecular complexity index is 416. The molecule has 0 heterocycles. The largest absolute Gasteiger partial charge is 0.394 e. The topological polar surface area (TPSA) is 32.3 Å². The van der Waals surface area contributed by atoms with Crippen molar-refractivity contribution in [2.75, 3.05) is 6.61 Å². The molecule has 18 heavy (non-hydrogen) atoms. The molecule has 1 unspecified atom stereocenters. The lowest BCUT2D eigenvalue weighted by Crippen LogP contribution is -2.47. The van der Waals surface area contributed by atoms with E-state index in [1.54, 1.807) is 0 Å². The maximum atomic E-state index is 9.60. The van der Waals surface area contributed by atoms with E-state index in [2.05, 4.69) is 12.2 Å². The third-order valence-electron chi connectivity index (χ3n) is 3.83. The van der Waals surface area contributed by atoms with Crippen molar-refractivity contribution >= 4 is 23.2 Å². The molecule has 1 aromatic rings. The molecule has 0 aliphatic heterocycles. The summed E-state index contributed by atoms with van der Waals surface area (Å²) < 4.78 is 0. The lowest BCUT2D eigenvalue weighted by molar-refractivity contribution is 0.153. The van der Waals surface area contributed by atoms with E-state index >= 15 is 0 Å². The number of nitrogens with one attached hydrogen (secondary N) is 1. The Labute approximate surface area is 118 Å². The van der Waals surface area contributed by atoms with Crippen LogP contribution in [0.1, 0.15) is 44.2 Å². The van der Waals surface area contributed by atoms with E-state index in [1.807, 2.05) is 18.2 Å². The first-order valence-corrected chi connectivity index (χ1v) is 7.15. The van der Waals surface area contributed by atoms with Crippen LogP contribution in [0.15, 0.2) is 18.2 Å². The Morgan fingerprint density at radius 2 is 1.94 bits per heavy atom. The van der Waals surface area contributed by atoms with Crippen LogP contribution in [0.25, 0.3) is 0 Å². The lowest BCUT2D eigenvalue weighted by atomic mass is 9.96. The summed E-state index contributed by atoms with van der Waals surface area (Å²) in [7, 11) is 0. The predicted octanol–water partition coefficient (Wildman–Crippen LogP) is 3.95. The van der Waals surface area contributed by atoms with Crippen LogP contribution in [-0.4, -0.2) is 17.3 Å². The lowest BCUT2D eigenvalue weighted by Gasteiger charge is -2.32. The number of hydrogen-bond donors (Lipinski definition) is 2. The number of hydrogen-bond acceptors (Lipinski definition) is 2. The van der Waals surface area contributed by atoms with Crippen LogP contribution in [-0.2, 0) is 0 Å². The second kappa shape index (κ2) is 5.79. The molecule has 1 aliphatic carbocycles. The van der Waals surface area contributed by atoms with Gasteiger partial charge in [-0.1, -0.05) is 42.1 Å². The average molecular weight is 288 g/mol. The average Bonchev–Trinajstić information content (AvgIpc) is 2.82. The van der Waals surface area contributed by atoms with Gasteiger partial charge in [-0.3, -0.25) is 0 Å². The third-order valence-corrected chi connectivity index (χ3v) is 4.57. The summed E-state index contributed by atoms with van der Waals surface area (Å²) in [5.74, 6) is 0. The van der Waals surface area contributed by atoms with E-state index in [-0.39, 0.29) is 18.2 Å². The summed E-state index contributed by atoms with van der Waals surface area (Å²) in [6.45, 7) is 2.29. The Morgan fingerprint density at radius 3 is 2.50 bits per heavy atom. The number of rotatable bonds is 4. The van der Waals surface area contributed by atoms with E-state index in [9.17, 15) is 5.11 Å². The molecule has 1 saturated carbocycles. The predicted molar refractivity (Wildman–Crippen MR) is 76.3 cm³/mol. The smallest absolute Gasteiger partial charge is 0.0613 e. The van der Waals surface area contributed by atoms with Crippen LogP contribution in [0.4, 0.5) is 0 Å². The molecule has 0 saturated heterocycles. The summed E-state index contributed by atoms with van der Waals surface area (Å²) in [6, 6.07) is 5.84. The summed E-state index contributed by atoms with van der Waals surface area (Å²) in [6.07, 6.45) is 4.44. The highest BCUT2D eigenvalue weighted by molar-refractivity contribution is 6.42. The standard InChI is InChI=1S/C14H19Cl2NO/c1-10(11-4-5-12(15)13(16)8-11)17-14(9-18)6-2-3-7-14/h4-5,8,10,17-18H,2-3,6-7,9H2,1H3. The summed E-state index contributed by atoms with van der Waals surface area (Å²) in [4.78, 5) is 0. The van der Waals surface area contributed by atoms with Gasteiger partial charge in [0.2, 0.25) is 0 Å². The van der Waals surface area contributed by atoms with Crippen LogP contribution >= 0.6 is 23.2 Å². The van der Waals surface area contributed by atoms with Gasteiger partial charge < -0.3 is 10.4 Å². The Hall–Kier alpha value is -0.280. The first-order valence-electron chi connectivity index (χ1n) is 6.40. The summed E-state index contributed by atoms with van der Waals surface area (Å²) in [5, 5.41) is 14.3. The molecule has 1 atom stereocenters. The quantitative estimate of drug-likeness (QED) is 0.879. The molecule has 1 fully saturated rings. The van der Waals surface area contributed by atoms with Gasteiger partial charge in [0.25, 0.3) is 0 Å². The highest BCUT2D eigenvalue weighted by Gasteiger charge is 2.34. The minimum Gasteiger partial charge on any atom is -0.394 e. The van der Waals surface area contributed by atoms with Crippen molar-refractivity contribution in [1.82, 2.24) is 5.32 Å². The molecule has 1 aromatic carbocycles.